The van der Waals surface area contributed by atoms with Crippen LogP contribution in [-0.4, -0.2) is 358 Å². The molecule has 115 heavy (non-hydrogen) atoms. The van der Waals surface area contributed by atoms with Crippen molar-refractivity contribution in [3.63, 3.8) is 0 Å². The van der Waals surface area contributed by atoms with Gasteiger partial charge in [-0.1, -0.05) is 52.4 Å². The average Bonchev–Trinajstić information content (AvgIpc) is 1.84. The van der Waals surface area contributed by atoms with Gasteiger partial charge in [0.15, 0.2) is 18.9 Å². The first kappa shape index (κ1) is 102. The van der Waals surface area contributed by atoms with Gasteiger partial charge in [0, 0.05) is 104 Å². The summed E-state index contributed by atoms with van der Waals surface area (Å²) in [7, 11) is -3.87. The Balaban J connectivity index is 1.30. The SMILES string of the molecule is CC(C)P(=O)(O)OC[C@@H]1C[C@@H](O)CN1C(=O)CCCCCCCCCCC(=O)NC(COCCC(=O)NCCCNC(=O)CCCCO[C@@H]1OC(CO)[C@H](O)[C@H](O)C1O)(OCCC(=O)NCCCNC(=O)CCCCO[C@@H]1OC(CO)[C@H](O)[C@H](O)C1O)OCCC(=O)NCCCNC(=O)CCCCO[C@@H]1OC(CO)[C@H](O)[C@H](O)C1O. The Hall–Kier alpha value is -4.97. The highest BCUT2D eigenvalue weighted by atomic mass is 31.2. The average molecular weight is 1680 g/mol. The van der Waals surface area contributed by atoms with Crippen molar-refractivity contribution in [3.8, 4) is 0 Å². The molecule has 0 aromatic carbocycles. The zero-order chi connectivity index (χ0) is 84.7. The topological polar surface area (TPSA) is 617 Å². The van der Waals surface area contributed by atoms with Crippen LogP contribution in [0.3, 0.4) is 0 Å². The van der Waals surface area contributed by atoms with Gasteiger partial charge < -0.3 is 161 Å². The van der Waals surface area contributed by atoms with Crippen molar-refractivity contribution < 1.29 is 161 Å². The molecular formula is C73H133N8O33P. The highest BCUT2D eigenvalue weighted by Gasteiger charge is 2.47. The van der Waals surface area contributed by atoms with Crippen LogP contribution < -0.4 is 37.2 Å². The highest BCUT2D eigenvalue weighted by molar-refractivity contribution is 7.53. The van der Waals surface area contributed by atoms with Crippen molar-refractivity contribution in [2.24, 2.45) is 0 Å². The number of hydrogen-bond donors (Lipinski definition) is 21. The molecule has 0 aliphatic carbocycles. The molecule has 0 aromatic rings. The van der Waals surface area contributed by atoms with Crippen LogP contribution in [0.5, 0.6) is 0 Å². The van der Waals surface area contributed by atoms with E-state index in [1.807, 2.05) is 0 Å². The van der Waals surface area contributed by atoms with Crippen LogP contribution >= 0.6 is 7.60 Å². The molecule has 0 bridgehead atoms. The van der Waals surface area contributed by atoms with Crippen LogP contribution in [0, 0.1) is 0 Å². The van der Waals surface area contributed by atoms with E-state index in [1.165, 1.54) is 4.90 Å². The number of unbranched alkanes of at least 4 members (excludes halogenated alkanes) is 10. The number of hydrogen-bond acceptors (Lipinski definition) is 32. The fraction of sp³-hybridized carbons (Fsp3) is 0.890. The molecular weight excluding hydrogens is 1550 g/mol. The molecule has 21 N–H and O–H groups in total. The number of carbonyl (C=O) groups excluding carboxylic acids is 8. The lowest BCUT2D eigenvalue weighted by molar-refractivity contribution is -0.301. The molecule has 4 fully saturated rings. The molecule has 42 heteroatoms. The number of aliphatic hydroxyl groups excluding tert-OH is 13. The van der Waals surface area contributed by atoms with Crippen molar-refractivity contribution in [2.75, 3.05) is 118 Å². The molecule has 7 unspecified atom stereocenters. The second kappa shape index (κ2) is 57.3. The second-order valence-corrected chi connectivity index (χ2v) is 31.8. The first-order valence-corrected chi connectivity index (χ1v) is 42.1. The Morgan fingerprint density at radius 1 is 0.409 bits per heavy atom. The summed E-state index contributed by atoms with van der Waals surface area (Å²) < 4.78 is 68.5. The van der Waals surface area contributed by atoms with Gasteiger partial charge in [-0.2, -0.15) is 0 Å². The van der Waals surface area contributed by atoms with Crippen LogP contribution in [0.1, 0.15) is 181 Å². The van der Waals surface area contributed by atoms with Gasteiger partial charge in [-0.3, -0.25) is 42.9 Å². The van der Waals surface area contributed by atoms with E-state index < -0.39 is 173 Å². The molecule has 8 amide bonds. The number of nitrogens with one attached hydrogen (secondary N) is 7. The number of likely N-dealkylation sites (tertiary alicyclic amines) is 1. The van der Waals surface area contributed by atoms with Crippen LogP contribution in [0.15, 0.2) is 0 Å². The predicted octanol–water partition coefficient (Wildman–Crippen LogP) is -4.72. The summed E-state index contributed by atoms with van der Waals surface area (Å²) in [6.45, 7) is 0.992. The number of ether oxygens (including phenoxy) is 9. The zero-order valence-electron chi connectivity index (χ0n) is 66.4. The van der Waals surface area contributed by atoms with Gasteiger partial charge in [-0.05, 0) is 77.0 Å². The minimum absolute atomic E-state index is 0.0124. The molecule has 4 aliphatic rings. The van der Waals surface area contributed by atoms with E-state index in [0.717, 1.165) is 32.1 Å². The molecule has 0 radical (unpaired) electrons. The Labute approximate surface area is 671 Å². The number of β-amino-alcohol motifs (C(OH)–C–C–N with tert-alkyl or cyclic N) is 1. The first-order chi connectivity index (χ1) is 55.0. The van der Waals surface area contributed by atoms with Gasteiger partial charge in [-0.25, -0.2) is 0 Å². The van der Waals surface area contributed by atoms with Crippen LogP contribution in [0.25, 0.3) is 0 Å². The quantitative estimate of drug-likeness (QED) is 0.0155. The van der Waals surface area contributed by atoms with E-state index in [2.05, 4.69) is 37.2 Å². The van der Waals surface area contributed by atoms with E-state index in [9.17, 15) is 114 Å². The number of rotatable bonds is 62. The molecule has 4 aliphatic heterocycles. The van der Waals surface area contributed by atoms with Gasteiger partial charge in [0.05, 0.1) is 76.9 Å². The molecule has 0 saturated carbocycles. The second-order valence-electron chi connectivity index (χ2n) is 29.4. The smallest absolute Gasteiger partial charge is 0.330 e. The summed E-state index contributed by atoms with van der Waals surface area (Å²) >= 11 is 0. The third kappa shape index (κ3) is 39.9. The zero-order valence-corrected chi connectivity index (χ0v) is 67.3. The summed E-state index contributed by atoms with van der Waals surface area (Å²) in [5.41, 5.74) is -0.617. The van der Waals surface area contributed by atoms with E-state index in [1.54, 1.807) is 13.8 Å². The molecule has 0 aromatic heterocycles. The summed E-state index contributed by atoms with van der Waals surface area (Å²) in [4.78, 5) is 116. The van der Waals surface area contributed by atoms with Crippen LogP contribution in [0.4, 0.5) is 0 Å². The maximum Gasteiger partial charge on any atom is 0.330 e. The maximum atomic E-state index is 14.0. The third-order valence-electron chi connectivity index (χ3n) is 19.6. The Kier molecular flexibility index (Phi) is 51.0. The Bertz CT molecular complexity index is 2740. The highest BCUT2D eigenvalue weighted by Crippen LogP contribution is 2.47. The predicted molar refractivity (Wildman–Crippen MR) is 403 cm³/mol. The third-order valence-corrected chi connectivity index (χ3v) is 21.4. The van der Waals surface area contributed by atoms with Crippen molar-refractivity contribution in [3.05, 3.63) is 0 Å². The minimum Gasteiger partial charge on any atom is -0.394 e. The van der Waals surface area contributed by atoms with E-state index in [-0.39, 0.29) is 173 Å². The van der Waals surface area contributed by atoms with Crippen molar-refractivity contribution in [1.29, 1.82) is 0 Å². The molecule has 4 saturated heterocycles. The molecule has 18 atom stereocenters. The van der Waals surface area contributed by atoms with E-state index >= 15 is 0 Å². The fourth-order valence-corrected chi connectivity index (χ4v) is 13.2. The standard InChI is InChI=1S/C73H133N8O33P/c1-47(2)115(103,104)111-45-48-40-49(85)41-81(48)60(93)24-10-8-6-4-3-5-7-9-23-59(92)80-73(109-38-26-57(90)78-32-18-29-75-54(87)21-12-15-35-107-71-68(101)65(98)62(95)51(43-83)113-71,110-39-27-58(91)79-33-19-30-76-55(88)22-13-16-36-108-72-69(102)66(99)63(96)52(44-84)114-72)46-105-37-25-56(89)77-31-17-28-74-53(86)20-11-14-34-106-70-67(100)64(97)61(94)50(42-82)112-70/h47-52,61-72,82-85,94-102H,3-46H2,1-2H3,(H,74,86)(H,75,87)(H,76,88)(H,77,89)(H,78,90)(H,79,91)(H,80,92)(H,103,104)/t48-,49+,50?,51?,52?,61-,62-,63-,64-,65-,66-,67?,68?,69?,70+,71+,72+,73?/m0/s1. The van der Waals surface area contributed by atoms with Gasteiger partial charge in [0.1, 0.15) is 79.9 Å². The van der Waals surface area contributed by atoms with Gasteiger partial charge >= 0.3 is 7.60 Å². The lowest BCUT2D eigenvalue weighted by Crippen LogP contribution is -2.59. The molecule has 4 heterocycles. The molecule has 0 spiro atoms. The molecule has 41 nitrogen and oxygen atoms in total. The van der Waals surface area contributed by atoms with Crippen molar-refractivity contribution in [1.82, 2.24) is 42.1 Å². The number of nitrogens with zero attached hydrogens (tertiary/aromatic N) is 1. The summed E-state index contributed by atoms with van der Waals surface area (Å²) in [6, 6.07) is -0.508. The Morgan fingerprint density at radius 3 is 1.09 bits per heavy atom. The molecule has 4 rings (SSSR count). The van der Waals surface area contributed by atoms with Gasteiger partial charge in [-0.15, -0.1) is 0 Å². The van der Waals surface area contributed by atoms with Crippen LogP contribution in [0.2, 0.25) is 0 Å². The number of aliphatic hydroxyl groups is 13. The van der Waals surface area contributed by atoms with Crippen molar-refractivity contribution in [2.45, 2.75) is 297 Å². The van der Waals surface area contributed by atoms with E-state index in [0.29, 0.717) is 77.0 Å². The summed E-state index contributed by atoms with van der Waals surface area (Å²) in [5.74, 6) is -5.05. The van der Waals surface area contributed by atoms with Crippen molar-refractivity contribution >= 4 is 54.9 Å². The number of carbonyl (C=O) groups is 8. The van der Waals surface area contributed by atoms with Crippen LogP contribution in [-0.2, 0) is 90.1 Å². The monoisotopic (exact) mass is 1680 g/mol. The largest absolute Gasteiger partial charge is 0.394 e. The minimum atomic E-state index is -3.87. The summed E-state index contributed by atoms with van der Waals surface area (Å²) in [6.07, 6.45) is -12.9. The van der Waals surface area contributed by atoms with Gasteiger partial charge in [0.2, 0.25) is 47.3 Å². The maximum absolute atomic E-state index is 14.0. The Morgan fingerprint density at radius 2 is 0.730 bits per heavy atom. The first-order valence-electron chi connectivity index (χ1n) is 40.4. The normalized spacial score (nSPS) is 26.7. The molecule has 668 valence electrons. The fourth-order valence-electron chi connectivity index (χ4n) is 12.5. The number of amides is 8. The van der Waals surface area contributed by atoms with E-state index in [4.69, 9.17) is 47.2 Å². The van der Waals surface area contributed by atoms with Gasteiger partial charge in [0.25, 0.3) is 5.91 Å². The summed E-state index contributed by atoms with van der Waals surface area (Å²) in [5, 5.41) is 148. The lowest BCUT2D eigenvalue weighted by Gasteiger charge is -2.39. The lowest BCUT2D eigenvalue weighted by atomic mass is 9.99.